The first-order chi connectivity index (χ1) is 9.56. The van der Waals surface area contributed by atoms with Crippen LogP contribution in [-0.4, -0.2) is 37.1 Å². The molecule has 1 fully saturated rings. The minimum atomic E-state index is -0.283. The Morgan fingerprint density at radius 1 is 1.35 bits per heavy atom. The summed E-state index contributed by atoms with van der Waals surface area (Å²) in [4.78, 5) is 14.1. The van der Waals surface area contributed by atoms with E-state index in [-0.39, 0.29) is 18.5 Å². The molecule has 0 saturated carbocycles. The minimum absolute atomic E-state index is 0.0190. The van der Waals surface area contributed by atoms with E-state index in [1.165, 1.54) is 0 Å². The summed E-state index contributed by atoms with van der Waals surface area (Å²) in [5.41, 5.74) is 3.11. The van der Waals surface area contributed by atoms with Crippen molar-refractivity contribution in [2.24, 2.45) is 5.92 Å². The summed E-state index contributed by atoms with van der Waals surface area (Å²) >= 11 is 0. The van der Waals surface area contributed by atoms with E-state index >= 15 is 0 Å². The number of hydrogen-bond acceptors (Lipinski definition) is 2. The molecule has 0 bridgehead atoms. The van der Waals surface area contributed by atoms with Crippen molar-refractivity contribution in [2.75, 3.05) is 31.6 Å². The van der Waals surface area contributed by atoms with Crippen LogP contribution in [0.25, 0.3) is 0 Å². The van der Waals surface area contributed by atoms with Crippen LogP contribution in [0.1, 0.15) is 24.0 Å². The second-order valence-electron chi connectivity index (χ2n) is 5.82. The predicted octanol–water partition coefficient (Wildman–Crippen LogP) is 2.92. The molecule has 0 aliphatic carbocycles. The second-order valence-corrected chi connectivity index (χ2v) is 5.82. The summed E-state index contributed by atoms with van der Waals surface area (Å²) in [7, 11) is 0. The maximum Gasteiger partial charge on any atom is 0.238 e. The quantitative estimate of drug-likeness (QED) is 0.918. The number of halogens is 1. The van der Waals surface area contributed by atoms with Crippen molar-refractivity contribution in [3.8, 4) is 0 Å². The highest BCUT2D eigenvalue weighted by molar-refractivity contribution is 5.92. The highest BCUT2D eigenvalue weighted by Gasteiger charge is 2.21. The fourth-order valence-electron chi connectivity index (χ4n) is 2.87. The van der Waals surface area contributed by atoms with Gasteiger partial charge in [-0.15, -0.1) is 0 Å². The smallest absolute Gasteiger partial charge is 0.238 e. The van der Waals surface area contributed by atoms with Crippen molar-refractivity contribution in [1.82, 2.24) is 4.90 Å². The highest BCUT2D eigenvalue weighted by Crippen LogP contribution is 2.17. The lowest BCUT2D eigenvalue weighted by Gasteiger charge is -2.30. The maximum atomic E-state index is 12.7. The molecule has 1 amide bonds. The molecule has 1 aromatic rings. The van der Waals surface area contributed by atoms with Gasteiger partial charge in [0.05, 0.1) is 13.2 Å². The summed E-state index contributed by atoms with van der Waals surface area (Å²) in [5, 5.41) is 2.93. The van der Waals surface area contributed by atoms with Gasteiger partial charge in [0.1, 0.15) is 0 Å². The Kier molecular flexibility index (Phi) is 5.12. The van der Waals surface area contributed by atoms with Crippen LogP contribution in [0.3, 0.4) is 0 Å². The molecule has 1 saturated heterocycles. The van der Waals surface area contributed by atoms with Crippen LogP contribution in [-0.2, 0) is 4.79 Å². The molecule has 4 heteroatoms. The van der Waals surface area contributed by atoms with E-state index in [1.807, 2.05) is 30.9 Å². The number of carbonyl (C=O) groups excluding carboxylic acids is 1. The molecular formula is C16H23FN2O. The number of alkyl halides is 1. The first-order valence-corrected chi connectivity index (χ1v) is 7.23. The summed E-state index contributed by atoms with van der Waals surface area (Å²) in [6, 6.07) is 6.00. The number of carbonyl (C=O) groups is 1. The molecule has 1 N–H and O–H groups in total. The van der Waals surface area contributed by atoms with E-state index in [2.05, 4.69) is 11.4 Å². The van der Waals surface area contributed by atoms with E-state index in [0.717, 1.165) is 36.2 Å². The van der Waals surface area contributed by atoms with E-state index in [9.17, 15) is 9.18 Å². The number of anilines is 1. The van der Waals surface area contributed by atoms with Gasteiger partial charge < -0.3 is 5.32 Å². The Bertz CT molecular complexity index is 455. The van der Waals surface area contributed by atoms with Gasteiger partial charge in [-0.3, -0.25) is 14.1 Å². The molecule has 1 unspecified atom stereocenters. The number of hydrogen-bond donors (Lipinski definition) is 1. The highest BCUT2D eigenvalue weighted by atomic mass is 19.1. The second kappa shape index (κ2) is 6.84. The number of piperidine rings is 1. The number of nitrogens with zero attached hydrogens (tertiary/aromatic N) is 1. The first-order valence-electron chi connectivity index (χ1n) is 7.23. The zero-order valence-electron chi connectivity index (χ0n) is 12.3. The first kappa shape index (κ1) is 15.0. The Morgan fingerprint density at radius 2 is 2.05 bits per heavy atom. The molecule has 1 atom stereocenters. The fourth-order valence-corrected chi connectivity index (χ4v) is 2.87. The molecule has 2 rings (SSSR count). The van der Waals surface area contributed by atoms with Crippen LogP contribution in [0.15, 0.2) is 18.2 Å². The number of nitrogens with one attached hydrogen (secondary N) is 1. The molecule has 1 aromatic carbocycles. The van der Waals surface area contributed by atoms with Gasteiger partial charge in [0, 0.05) is 18.2 Å². The van der Waals surface area contributed by atoms with Crippen molar-refractivity contribution in [2.45, 2.75) is 26.7 Å². The fraction of sp³-hybridized carbons (Fsp3) is 0.562. The van der Waals surface area contributed by atoms with Gasteiger partial charge in [0.15, 0.2) is 0 Å². The van der Waals surface area contributed by atoms with Gasteiger partial charge in [0.25, 0.3) is 0 Å². The van der Waals surface area contributed by atoms with E-state index in [1.54, 1.807) is 0 Å². The average Bonchev–Trinajstić information content (AvgIpc) is 2.37. The number of benzene rings is 1. The van der Waals surface area contributed by atoms with Crippen molar-refractivity contribution in [3.63, 3.8) is 0 Å². The van der Waals surface area contributed by atoms with Crippen LogP contribution < -0.4 is 5.32 Å². The lowest BCUT2D eigenvalue weighted by molar-refractivity contribution is -0.117. The van der Waals surface area contributed by atoms with Gasteiger partial charge in [-0.05, 0) is 56.5 Å². The van der Waals surface area contributed by atoms with Gasteiger partial charge in [-0.2, -0.15) is 0 Å². The van der Waals surface area contributed by atoms with Crippen LogP contribution in [0.2, 0.25) is 0 Å². The Morgan fingerprint density at radius 3 is 2.70 bits per heavy atom. The standard InChI is InChI=1S/C16H23FN2O/c1-12-6-13(2)8-15(7-12)18-16(20)11-19-5-3-4-14(9-17)10-19/h6-8,14H,3-5,9-11H2,1-2H3,(H,18,20). The normalized spacial score (nSPS) is 19.9. The molecule has 0 radical (unpaired) electrons. The monoisotopic (exact) mass is 278 g/mol. The van der Waals surface area contributed by atoms with Gasteiger partial charge in [-0.25, -0.2) is 0 Å². The third-order valence-corrected chi connectivity index (χ3v) is 3.69. The van der Waals surface area contributed by atoms with E-state index < -0.39 is 0 Å². The molecule has 1 aliphatic rings. The number of aryl methyl sites for hydroxylation is 2. The lowest BCUT2D eigenvalue weighted by Crippen LogP contribution is -2.41. The summed E-state index contributed by atoms with van der Waals surface area (Å²) in [6.07, 6.45) is 1.91. The zero-order chi connectivity index (χ0) is 14.5. The van der Waals surface area contributed by atoms with E-state index in [4.69, 9.17) is 0 Å². The lowest BCUT2D eigenvalue weighted by atomic mass is 9.99. The zero-order valence-corrected chi connectivity index (χ0v) is 12.3. The predicted molar refractivity (Wildman–Crippen MR) is 79.7 cm³/mol. The van der Waals surface area contributed by atoms with Crippen LogP contribution in [0.4, 0.5) is 10.1 Å². The van der Waals surface area contributed by atoms with Crippen molar-refractivity contribution in [3.05, 3.63) is 29.3 Å². The molecule has 0 spiro atoms. The van der Waals surface area contributed by atoms with Gasteiger partial charge in [-0.1, -0.05) is 6.07 Å². The largest absolute Gasteiger partial charge is 0.325 e. The average molecular weight is 278 g/mol. The molecule has 1 aliphatic heterocycles. The SMILES string of the molecule is Cc1cc(C)cc(NC(=O)CN2CCCC(CF)C2)c1. The maximum absolute atomic E-state index is 12.7. The summed E-state index contributed by atoms with van der Waals surface area (Å²) < 4.78 is 12.7. The molecular weight excluding hydrogens is 255 g/mol. The third kappa shape index (κ3) is 4.30. The molecule has 20 heavy (non-hydrogen) atoms. The van der Waals surface area contributed by atoms with Crippen molar-refractivity contribution < 1.29 is 9.18 Å². The van der Waals surface area contributed by atoms with E-state index in [0.29, 0.717) is 13.1 Å². The number of likely N-dealkylation sites (tertiary alicyclic amines) is 1. The van der Waals surface area contributed by atoms with Gasteiger partial charge in [0.2, 0.25) is 5.91 Å². The Labute approximate surface area is 120 Å². The molecule has 3 nitrogen and oxygen atoms in total. The van der Waals surface area contributed by atoms with Crippen molar-refractivity contribution >= 4 is 11.6 Å². The topological polar surface area (TPSA) is 32.3 Å². The number of rotatable bonds is 4. The van der Waals surface area contributed by atoms with Crippen LogP contribution >= 0.6 is 0 Å². The number of amides is 1. The minimum Gasteiger partial charge on any atom is -0.325 e. The summed E-state index contributed by atoms with van der Waals surface area (Å²) in [5.74, 6) is 0.0762. The van der Waals surface area contributed by atoms with Crippen LogP contribution in [0, 0.1) is 19.8 Å². The Balaban J connectivity index is 1.88. The molecule has 1 heterocycles. The van der Waals surface area contributed by atoms with Gasteiger partial charge >= 0.3 is 0 Å². The molecule has 0 aromatic heterocycles. The summed E-state index contributed by atoms with van der Waals surface area (Å²) in [6.45, 7) is 5.67. The van der Waals surface area contributed by atoms with Crippen molar-refractivity contribution in [1.29, 1.82) is 0 Å². The van der Waals surface area contributed by atoms with Crippen LogP contribution in [0.5, 0.6) is 0 Å². The Hall–Kier alpha value is -1.42. The molecule has 110 valence electrons. The third-order valence-electron chi connectivity index (χ3n) is 3.69.